The van der Waals surface area contributed by atoms with Crippen LogP contribution in [-0.4, -0.2) is 21.0 Å². The maximum absolute atomic E-state index is 12.8. The summed E-state index contributed by atoms with van der Waals surface area (Å²) < 4.78 is 5.00. The predicted octanol–water partition coefficient (Wildman–Crippen LogP) is 4.74. The number of nitrogens with zero attached hydrogens (tertiary/aromatic N) is 3. The van der Waals surface area contributed by atoms with Gasteiger partial charge in [0.1, 0.15) is 17.3 Å². The van der Waals surface area contributed by atoms with Gasteiger partial charge in [0.05, 0.1) is 0 Å². The molecule has 144 valence electrons. The smallest absolute Gasteiger partial charge is 0.275 e. The highest BCUT2D eigenvalue weighted by atomic mass is 16.5. The number of aryl methyl sites for hydroxylation is 2. The molecule has 7 nitrogen and oxygen atoms in total. The molecule has 2 N–H and O–H groups in total. The van der Waals surface area contributed by atoms with Crippen molar-refractivity contribution in [3.8, 4) is 11.4 Å². The third kappa shape index (κ3) is 4.47. The van der Waals surface area contributed by atoms with E-state index in [0.29, 0.717) is 23.2 Å². The van der Waals surface area contributed by atoms with Gasteiger partial charge in [-0.3, -0.25) is 4.79 Å². The van der Waals surface area contributed by atoms with Gasteiger partial charge in [0.2, 0.25) is 0 Å². The SMILES string of the molecule is Cc1cccc(Nc2cc(C(=O)Nc3cc(C)on3)nc(-c3ccccc3)n2)c1. The second-order valence-corrected chi connectivity index (χ2v) is 6.60. The van der Waals surface area contributed by atoms with Crippen molar-refractivity contribution in [1.29, 1.82) is 0 Å². The van der Waals surface area contributed by atoms with Crippen LogP contribution < -0.4 is 10.6 Å². The summed E-state index contributed by atoms with van der Waals surface area (Å²) in [5.41, 5.74) is 3.02. The Hall–Kier alpha value is -4.00. The number of aromatic nitrogens is 3. The second-order valence-electron chi connectivity index (χ2n) is 6.60. The summed E-state index contributed by atoms with van der Waals surface area (Å²) >= 11 is 0. The Bertz CT molecular complexity index is 1150. The molecular weight excluding hydrogens is 366 g/mol. The maximum atomic E-state index is 12.8. The standard InChI is InChI=1S/C22H19N5O2/c1-14-7-6-10-17(11-14)23-19-13-18(22(28)26-20-12-15(2)29-27-20)24-21(25-19)16-8-4-3-5-9-16/h3-13H,1-2H3,(H,23,24,25)(H,26,27,28). The Balaban J connectivity index is 1.70. The highest BCUT2D eigenvalue weighted by molar-refractivity contribution is 6.03. The number of carbonyl (C=O) groups excluding carboxylic acids is 1. The van der Waals surface area contributed by atoms with Crippen molar-refractivity contribution in [2.45, 2.75) is 13.8 Å². The number of hydrogen-bond acceptors (Lipinski definition) is 6. The zero-order valence-corrected chi connectivity index (χ0v) is 16.0. The van der Waals surface area contributed by atoms with E-state index in [2.05, 4.69) is 25.8 Å². The van der Waals surface area contributed by atoms with Crippen LogP contribution in [0.3, 0.4) is 0 Å². The molecule has 0 atom stereocenters. The first-order valence-corrected chi connectivity index (χ1v) is 9.10. The van der Waals surface area contributed by atoms with E-state index in [1.165, 1.54) is 0 Å². The number of benzene rings is 2. The van der Waals surface area contributed by atoms with Crippen molar-refractivity contribution < 1.29 is 9.32 Å². The number of amides is 1. The van der Waals surface area contributed by atoms with Crippen molar-refractivity contribution in [3.63, 3.8) is 0 Å². The number of hydrogen-bond donors (Lipinski definition) is 2. The van der Waals surface area contributed by atoms with Gasteiger partial charge in [-0.1, -0.05) is 47.6 Å². The van der Waals surface area contributed by atoms with E-state index in [0.717, 1.165) is 16.8 Å². The summed E-state index contributed by atoms with van der Waals surface area (Å²) in [6, 6.07) is 20.7. The van der Waals surface area contributed by atoms with Crippen LogP contribution >= 0.6 is 0 Å². The van der Waals surface area contributed by atoms with Crippen molar-refractivity contribution in [2.75, 3.05) is 10.6 Å². The summed E-state index contributed by atoms with van der Waals surface area (Å²) in [5.74, 6) is 1.51. The molecule has 4 aromatic rings. The molecule has 0 unspecified atom stereocenters. The molecule has 1 amide bonds. The van der Waals surface area contributed by atoms with Gasteiger partial charge in [0.25, 0.3) is 5.91 Å². The molecule has 0 aliphatic heterocycles. The Labute approximate surface area is 167 Å². The molecule has 0 saturated heterocycles. The zero-order chi connectivity index (χ0) is 20.2. The average Bonchev–Trinajstić information content (AvgIpc) is 3.13. The van der Waals surface area contributed by atoms with E-state index >= 15 is 0 Å². The molecule has 7 heteroatoms. The molecule has 0 aliphatic carbocycles. The van der Waals surface area contributed by atoms with Gasteiger partial charge in [-0.25, -0.2) is 9.97 Å². The summed E-state index contributed by atoms with van der Waals surface area (Å²) in [6.45, 7) is 3.77. The monoisotopic (exact) mass is 385 g/mol. The minimum atomic E-state index is -0.398. The van der Waals surface area contributed by atoms with Crippen LogP contribution in [0.1, 0.15) is 21.8 Å². The van der Waals surface area contributed by atoms with Crippen LogP contribution in [0.5, 0.6) is 0 Å². The van der Waals surface area contributed by atoms with Crippen LogP contribution in [0.15, 0.2) is 71.3 Å². The molecule has 0 aliphatic rings. The number of rotatable bonds is 5. The Morgan fingerprint density at radius 2 is 1.72 bits per heavy atom. The molecule has 2 aromatic heterocycles. The lowest BCUT2D eigenvalue weighted by Gasteiger charge is -2.10. The largest absolute Gasteiger partial charge is 0.360 e. The summed E-state index contributed by atoms with van der Waals surface area (Å²) in [6.07, 6.45) is 0. The molecule has 0 saturated carbocycles. The fourth-order valence-corrected chi connectivity index (χ4v) is 2.82. The molecule has 29 heavy (non-hydrogen) atoms. The number of anilines is 3. The van der Waals surface area contributed by atoms with Crippen molar-refractivity contribution >= 4 is 23.2 Å². The lowest BCUT2D eigenvalue weighted by atomic mass is 10.2. The zero-order valence-electron chi connectivity index (χ0n) is 16.0. The fraction of sp³-hybridized carbons (Fsp3) is 0.0909. The van der Waals surface area contributed by atoms with Gasteiger partial charge in [0.15, 0.2) is 11.6 Å². The molecule has 2 heterocycles. The third-order valence-corrected chi connectivity index (χ3v) is 4.15. The Morgan fingerprint density at radius 1 is 0.897 bits per heavy atom. The first-order valence-electron chi connectivity index (χ1n) is 9.10. The highest BCUT2D eigenvalue weighted by Crippen LogP contribution is 2.22. The minimum Gasteiger partial charge on any atom is -0.360 e. The molecule has 2 aromatic carbocycles. The predicted molar refractivity (Wildman–Crippen MR) is 111 cm³/mol. The molecule has 0 spiro atoms. The number of carbonyl (C=O) groups is 1. The molecule has 4 rings (SSSR count). The summed E-state index contributed by atoms with van der Waals surface area (Å²) in [5, 5.41) is 9.74. The number of nitrogens with one attached hydrogen (secondary N) is 2. The lowest BCUT2D eigenvalue weighted by molar-refractivity contribution is 0.102. The van der Waals surface area contributed by atoms with Gasteiger partial charge < -0.3 is 15.2 Å². The van der Waals surface area contributed by atoms with E-state index < -0.39 is 5.91 Å². The average molecular weight is 385 g/mol. The van der Waals surface area contributed by atoms with Crippen LogP contribution in [0.2, 0.25) is 0 Å². The van der Waals surface area contributed by atoms with Crippen LogP contribution in [0.4, 0.5) is 17.3 Å². The van der Waals surface area contributed by atoms with Crippen LogP contribution in [0, 0.1) is 13.8 Å². The van der Waals surface area contributed by atoms with Gasteiger partial charge in [-0.05, 0) is 31.5 Å². The van der Waals surface area contributed by atoms with Gasteiger partial charge in [-0.15, -0.1) is 0 Å². The van der Waals surface area contributed by atoms with Crippen molar-refractivity contribution in [1.82, 2.24) is 15.1 Å². The quantitative estimate of drug-likeness (QED) is 0.515. The molecule has 0 radical (unpaired) electrons. The molecule has 0 fully saturated rings. The fourth-order valence-electron chi connectivity index (χ4n) is 2.82. The van der Waals surface area contributed by atoms with Crippen LogP contribution in [-0.2, 0) is 0 Å². The van der Waals surface area contributed by atoms with E-state index in [1.807, 2.05) is 61.5 Å². The molecule has 0 bridgehead atoms. The van der Waals surface area contributed by atoms with Gasteiger partial charge in [0, 0.05) is 23.4 Å². The van der Waals surface area contributed by atoms with E-state index in [1.54, 1.807) is 19.1 Å². The topological polar surface area (TPSA) is 92.9 Å². The van der Waals surface area contributed by atoms with Gasteiger partial charge in [-0.2, -0.15) is 0 Å². The maximum Gasteiger partial charge on any atom is 0.275 e. The summed E-state index contributed by atoms with van der Waals surface area (Å²) in [4.78, 5) is 21.8. The van der Waals surface area contributed by atoms with Crippen molar-refractivity contribution in [3.05, 3.63) is 83.7 Å². The third-order valence-electron chi connectivity index (χ3n) is 4.15. The van der Waals surface area contributed by atoms with Crippen LogP contribution in [0.25, 0.3) is 11.4 Å². The van der Waals surface area contributed by atoms with Gasteiger partial charge >= 0.3 is 0 Å². The first kappa shape index (κ1) is 18.4. The minimum absolute atomic E-state index is 0.217. The Morgan fingerprint density at radius 3 is 2.45 bits per heavy atom. The normalized spacial score (nSPS) is 10.6. The molecular formula is C22H19N5O2. The highest BCUT2D eigenvalue weighted by Gasteiger charge is 2.15. The van der Waals surface area contributed by atoms with Crippen molar-refractivity contribution in [2.24, 2.45) is 0 Å². The second kappa shape index (κ2) is 7.93. The first-order chi connectivity index (χ1) is 14.1. The van der Waals surface area contributed by atoms with E-state index in [-0.39, 0.29) is 5.69 Å². The lowest BCUT2D eigenvalue weighted by Crippen LogP contribution is -2.15. The van der Waals surface area contributed by atoms with E-state index in [4.69, 9.17) is 4.52 Å². The Kier molecular flexibility index (Phi) is 5.03. The summed E-state index contributed by atoms with van der Waals surface area (Å²) in [7, 11) is 0. The van der Waals surface area contributed by atoms with E-state index in [9.17, 15) is 4.79 Å².